The van der Waals surface area contributed by atoms with E-state index in [-0.39, 0.29) is 54.5 Å². The molecule has 1 saturated heterocycles. The average molecular weight is 426 g/mol. The Morgan fingerprint density at radius 3 is 2.53 bits per heavy atom. The highest BCUT2D eigenvalue weighted by molar-refractivity contribution is 6.33. The van der Waals surface area contributed by atoms with E-state index in [0.29, 0.717) is 27.6 Å². The van der Waals surface area contributed by atoms with Crippen LogP contribution in [-0.2, 0) is 9.59 Å². The maximum absolute atomic E-state index is 12.8. The zero-order valence-corrected chi connectivity index (χ0v) is 17.1. The maximum atomic E-state index is 12.8. The van der Waals surface area contributed by atoms with Crippen molar-refractivity contribution >= 4 is 29.3 Å². The van der Waals surface area contributed by atoms with Crippen LogP contribution < -0.4 is 5.32 Å². The van der Waals surface area contributed by atoms with Crippen molar-refractivity contribution in [3.05, 3.63) is 52.8 Å². The zero-order chi connectivity index (χ0) is 21.0. The third kappa shape index (κ3) is 2.80. The molecule has 1 aromatic heterocycles. The highest BCUT2D eigenvalue weighted by atomic mass is 35.5. The molecule has 0 radical (unpaired) electrons. The smallest absolute Gasteiger partial charge is 0.257 e. The summed E-state index contributed by atoms with van der Waals surface area (Å²) >= 11 is 6.24. The molecule has 2 aliphatic carbocycles. The molecule has 8 heteroatoms. The molecule has 3 aliphatic rings. The monoisotopic (exact) mass is 425 g/mol. The Bertz CT molecular complexity index is 1060. The molecule has 1 aromatic carbocycles. The highest BCUT2D eigenvalue weighted by Crippen LogP contribution is 2.52. The summed E-state index contributed by atoms with van der Waals surface area (Å²) in [5, 5.41) is 7.24. The number of carbonyl (C=O) groups excluding carboxylic acids is 3. The largest absolute Gasteiger partial charge is 0.360 e. The Balaban J connectivity index is 1.27. The summed E-state index contributed by atoms with van der Waals surface area (Å²) < 4.78 is 5.23. The number of rotatable bonds is 5. The predicted molar refractivity (Wildman–Crippen MR) is 108 cm³/mol. The van der Waals surface area contributed by atoms with Gasteiger partial charge in [-0.2, -0.15) is 0 Å². The van der Waals surface area contributed by atoms with E-state index in [4.69, 9.17) is 16.1 Å². The van der Waals surface area contributed by atoms with Crippen molar-refractivity contribution in [1.82, 2.24) is 15.4 Å². The first kappa shape index (κ1) is 19.1. The minimum Gasteiger partial charge on any atom is -0.360 e. The summed E-state index contributed by atoms with van der Waals surface area (Å²) in [7, 11) is 0. The lowest BCUT2D eigenvalue weighted by molar-refractivity contribution is -0.140. The Kier molecular flexibility index (Phi) is 4.50. The molecule has 3 amide bonds. The number of likely N-dealkylation sites (tertiary alicyclic amines) is 1. The standard InChI is InChI=1S/C22H20ClN3O4/c1-11-16(19(25-30-11)14-4-2-3-5-15(14)23)20(27)24-8-9-26-21(28)17-12-6-7-13(10-12)18(17)22(26)29/h2-7,12-13,17-18H,8-10H2,1H3,(H,24,27). The molecule has 1 N–H and O–H groups in total. The fourth-order valence-corrected chi connectivity index (χ4v) is 5.26. The molecule has 5 rings (SSSR count). The molecule has 4 atom stereocenters. The van der Waals surface area contributed by atoms with Gasteiger partial charge in [-0.25, -0.2) is 0 Å². The molecular weight excluding hydrogens is 406 g/mol. The predicted octanol–water partition coefficient (Wildman–Crippen LogP) is 2.84. The zero-order valence-electron chi connectivity index (χ0n) is 16.3. The van der Waals surface area contributed by atoms with Gasteiger partial charge in [0.1, 0.15) is 17.0 Å². The minimum absolute atomic E-state index is 0.117. The van der Waals surface area contributed by atoms with Crippen LogP contribution >= 0.6 is 11.6 Å². The molecule has 2 fully saturated rings. The molecule has 1 saturated carbocycles. The highest BCUT2D eigenvalue weighted by Gasteiger charge is 2.58. The summed E-state index contributed by atoms with van der Waals surface area (Å²) in [5.41, 5.74) is 1.25. The fourth-order valence-electron chi connectivity index (χ4n) is 5.03. The summed E-state index contributed by atoms with van der Waals surface area (Å²) in [6.45, 7) is 1.96. The van der Waals surface area contributed by atoms with Gasteiger partial charge >= 0.3 is 0 Å². The van der Waals surface area contributed by atoms with Crippen LogP contribution in [0.1, 0.15) is 22.5 Å². The number of aromatic nitrogens is 1. The van der Waals surface area contributed by atoms with E-state index in [0.717, 1.165) is 6.42 Å². The van der Waals surface area contributed by atoms with E-state index < -0.39 is 0 Å². The van der Waals surface area contributed by atoms with E-state index in [1.807, 2.05) is 0 Å². The fraction of sp³-hybridized carbons (Fsp3) is 0.364. The van der Waals surface area contributed by atoms with Crippen molar-refractivity contribution in [2.75, 3.05) is 13.1 Å². The number of hydrogen-bond acceptors (Lipinski definition) is 5. The quantitative estimate of drug-likeness (QED) is 0.587. The first-order chi connectivity index (χ1) is 14.5. The third-order valence-corrected chi connectivity index (χ3v) is 6.73. The summed E-state index contributed by atoms with van der Waals surface area (Å²) in [4.78, 5) is 39.6. The molecule has 4 unspecified atom stereocenters. The number of aryl methyl sites for hydroxylation is 1. The Labute approximate surface area is 178 Å². The number of carbonyl (C=O) groups is 3. The van der Waals surface area contributed by atoms with Crippen LogP contribution in [0.4, 0.5) is 0 Å². The molecule has 154 valence electrons. The van der Waals surface area contributed by atoms with Crippen LogP contribution in [0.15, 0.2) is 40.9 Å². The van der Waals surface area contributed by atoms with Crippen molar-refractivity contribution in [1.29, 1.82) is 0 Å². The molecular formula is C22H20ClN3O4. The van der Waals surface area contributed by atoms with Gasteiger partial charge in [0.25, 0.3) is 5.91 Å². The Morgan fingerprint density at radius 2 is 1.87 bits per heavy atom. The van der Waals surface area contributed by atoms with Gasteiger partial charge in [-0.05, 0) is 31.2 Å². The number of nitrogens with one attached hydrogen (secondary N) is 1. The second-order valence-corrected chi connectivity index (χ2v) is 8.43. The van der Waals surface area contributed by atoms with Crippen LogP contribution in [0.2, 0.25) is 5.02 Å². The van der Waals surface area contributed by atoms with Gasteiger partial charge in [0, 0.05) is 18.7 Å². The second-order valence-electron chi connectivity index (χ2n) is 8.03. The van der Waals surface area contributed by atoms with Crippen LogP contribution in [0.3, 0.4) is 0 Å². The van der Waals surface area contributed by atoms with Crippen LogP contribution in [0.25, 0.3) is 11.3 Å². The van der Waals surface area contributed by atoms with Crippen molar-refractivity contribution in [2.24, 2.45) is 23.7 Å². The normalized spacial score (nSPS) is 26.5. The number of fused-ring (bicyclic) bond motifs is 5. The topological polar surface area (TPSA) is 92.5 Å². The Morgan fingerprint density at radius 1 is 1.20 bits per heavy atom. The summed E-state index contributed by atoms with van der Waals surface area (Å²) in [6, 6.07) is 7.07. The molecule has 2 aromatic rings. The lowest BCUT2D eigenvalue weighted by Gasteiger charge is -2.17. The van der Waals surface area contributed by atoms with Crippen LogP contribution in [0, 0.1) is 30.6 Å². The number of nitrogens with zero attached hydrogens (tertiary/aromatic N) is 2. The third-order valence-electron chi connectivity index (χ3n) is 6.40. The van der Waals surface area contributed by atoms with Gasteiger partial charge in [-0.1, -0.05) is 47.1 Å². The average Bonchev–Trinajstić information content (AvgIpc) is 3.48. The van der Waals surface area contributed by atoms with Crippen molar-refractivity contribution in [2.45, 2.75) is 13.3 Å². The van der Waals surface area contributed by atoms with Gasteiger partial charge in [0.05, 0.1) is 16.9 Å². The number of benzene rings is 1. The molecule has 1 aliphatic heterocycles. The van der Waals surface area contributed by atoms with Gasteiger partial charge in [-0.3, -0.25) is 19.3 Å². The summed E-state index contributed by atoms with van der Waals surface area (Å²) in [5.74, 6) is -0.353. The maximum Gasteiger partial charge on any atom is 0.257 e. The van der Waals surface area contributed by atoms with Crippen molar-refractivity contribution in [3.63, 3.8) is 0 Å². The number of amides is 3. The lowest BCUT2D eigenvalue weighted by atomic mass is 9.85. The number of allylic oxidation sites excluding steroid dienone is 2. The van der Waals surface area contributed by atoms with Gasteiger partial charge in [-0.15, -0.1) is 0 Å². The van der Waals surface area contributed by atoms with Crippen LogP contribution in [-0.4, -0.2) is 40.9 Å². The first-order valence-corrected chi connectivity index (χ1v) is 10.4. The van der Waals surface area contributed by atoms with Gasteiger partial charge < -0.3 is 9.84 Å². The Hall–Kier alpha value is -2.93. The minimum atomic E-state index is -0.385. The number of imide groups is 1. The molecule has 2 heterocycles. The van der Waals surface area contributed by atoms with Crippen molar-refractivity contribution < 1.29 is 18.9 Å². The molecule has 7 nitrogen and oxygen atoms in total. The molecule has 0 spiro atoms. The first-order valence-electron chi connectivity index (χ1n) is 10.00. The van der Waals surface area contributed by atoms with Crippen molar-refractivity contribution in [3.8, 4) is 11.3 Å². The second kappa shape index (κ2) is 7.09. The lowest BCUT2D eigenvalue weighted by Crippen LogP contribution is -2.39. The number of hydrogen-bond donors (Lipinski definition) is 1. The number of halogens is 1. The SMILES string of the molecule is Cc1onc(-c2ccccc2Cl)c1C(=O)NCCN1C(=O)C2C3C=CC(C3)C2C1=O. The van der Waals surface area contributed by atoms with Gasteiger partial charge in [0.2, 0.25) is 11.8 Å². The van der Waals surface area contributed by atoms with Gasteiger partial charge in [0.15, 0.2) is 0 Å². The van der Waals surface area contributed by atoms with E-state index in [9.17, 15) is 14.4 Å². The summed E-state index contributed by atoms with van der Waals surface area (Å²) in [6.07, 6.45) is 5.02. The van der Waals surface area contributed by atoms with E-state index in [1.165, 1.54) is 4.90 Å². The van der Waals surface area contributed by atoms with E-state index in [1.54, 1.807) is 31.2 Å². The van der Waals surface area contributed by atoms with E-state index in [2.05, 4.69) is 22.6 Å². The molecule has 2 bridgehead atoms. The van der Waals surface area contributed by atoms with Crippen LogP contribution in [0.5, 0.6) is 0 Å². The van der Waals surface area contributed by atoms with E-state index >= 15 is 0 Å². The molecule has 30 heavy (non-hydrogen) atoms.